The van der Waals surface area contributed by atoms with Gasteiger partial charge in [0.05, 0.1) is 0 Å². The Morgan fingerprint density at radius 3 is 2.76 bits per heavy atom. The number of halogens is 2. The number of hydrogen-bond acceptors (Lipinski definition) is 2. The normalized spacial score (nSPS) is 25.6. The van der Waals surface area contributed by atoms with Crippen LogP contribution >= 0.6 is 0 Å². The van der Waals surface area contributed by atoms with Gasteiger partial charge in [0, 0.05) is 25.2 Å². The van der Waals surface area contributed by atoms with Gasteiger partial charge in [-0.05, 0) is 43.5 Å². The molecule has 1 aromatic rings. The molecule has 0 aromatic heterocycles. The molecule has 0 amide bonds. The van der Waals surface area contributed by atoms with Gasteiger partial charge in [0.1, 0.15) is 0 Å². The van der Waals surface area contributed by atoms with Crippen LogP contribution in [0, 0.1) is 17.6 Å². The Kier molecular flexibility index (Phi) is 5.71. The Hall–Kier alpha value is -1.00. The van der Waals surface area contributed by atoms with Gasteiger partial charge in [-0.15, -0.1) is 0 Å². The van der Waals surface area contributed by atoms with Crippen LogP contribution < -0.4 is 5.32 Å². The standard InChI is InChI=1S/C17H26F2N2/c1-4-12(2)17-11-21(13(3)7-8-20-17)10-14-5-6-15(18)16(19)9-14/h5-6,9,12-13,17,20H,4,7-8,10-11H2,1-3H3. The first kappa shape index (κ1) is 16.4. The van der Waals surface area contributed by atoms with Gasteiger partial charge in [0.2, 0.25) is 0 Å². The lowest BCUT2D eigenvalue weighted by atomic mass is 9.98. The molecule has 2 nitrogen and oxygen atoms in total. The number of nitrogens with one attached hydrogen (secondary N) is 1. The van der Waals surface area contributed by atoms with Crippen molar-refractivity contribution in [2.24, 2.45) is 5.92 Å². The van der Waals surface area contributed by atoms with Gasteiger partial charge in [0.25, 0.3) is 0 Å². The molecule has 0 spiro atoms. The maximum atomic E-state index is 13.4. The Labute approximate surface area is 126 Å². The molecule has 21 heavy (non-hydrogen) atoms. The largest absolute Gasteiger partial charge is 0.312 e. The third-order valence-electron chi connectivity index (χ3n) is 4.72. The number of rotatable bonds is 4. The molecule has 1 aliphatic heterocycles. The van der Waals surface area contributed by atoms with Crippen LogP contribution in [0.2, 0.25) is 0 Å². The summed E-state index contributed by atoms with van der Waals surface area (Å²) >= 11 is 0. The molecule has 3 unspecified atom stereocenters. The first-order valence-electron chi connectivity index (χ1n) is 7.92. The highest BCUT2D eigenvalue weighted by Gasteiger charge is 2.25. The molecule has 118 valence electrons. The predicted octanol–water partition coefficient (Wildman–Crippen LogP) is 3.56. The zero-order chi connectivity index (χ0) is 15.4. The summed E-state index contributed by atoms with van der Waals surface area (Å²) in [6.45, 7) is 9.33. The molecule has 0 bridgehead atoms. The van der Waals surface area contributed by atoms with Crippen LogP contribution in [-0.4, -0.2) is 30.1 Å². The molecule has 0 saturated carbocycles. The molecule has 4 heteroatoms. The molecule has 0 aliphatic carbocycles. The van der Waals surface area contributed by atoms with Gasteiger partial charge in [-0.1, -0.05) is 26.3 Å². The molecule has 1 heterocycles. The monoisotopic (exact) mass is 296 g/mol. The molecule has 2 rings (SSSR count). The fourth-order valence-electron chi connectivity index (χ4n) is 2.92. The lowest BCUT2D eigenvalue weighted by Gasteiger charge is -2.31. The maximum absolute atomic E-state index is 13.4. The average molecular weight is 296 g/mol. The zero-order valence-corrected chi connectivity index (χ0v) is 13.2. The van der Waals surface area contributed by atoms with Crippen molar-refractivity contribution in [2.75, 3.05) is 13.1 Å². The van der Waals surface area contributed by atoms with Crippen molar-refractivity contribution in [1.29, 1.82) is 0 Å². The van der Waals surface area contributed by atoms with Gasteiger partial charge < -0.3 is 5.32 Å². The molecule has 1 fully saturated rings. The van der Waals surface area contributed by atoms with Crippen molar-refractivity contribution in [3.8, 4) is 0 Å². The Bertz CT molecular complexity index is 464. The van der Waals surface area contributed by atoms with E-state index in [9.17, 15) is 8.78 Å². The van der Waals surface area contributed by atoms with E-state index >= 15 is 0 Å². The predicted molar refractivity (Wildman–Crippen MR) is 82.1 cm³/mol. The molecule has 1 saturated heterocycles. The fraction of sp³-hybridized carbons (Fsp3) is 0.647. The molecule has 1 N–H and O–H groups in total. The van der Waals surface area contributed by atoms with Crippen molar-refractivity contribution in [3.63, 3.8) is 0 Å². The second-order valence-electron chi connectivity index (χ2n) is 6.26. The molecular formula is C17H26F2N2. The van der Waals surface area contributed by atoms with E-state index in [0.29, 0.717) is 24.5 Å². The molecule has 3 atom stereocenters. The van der Waals surface area contributed by atoms with E-state index in [1.54, 1.807) is 6.07 Å². The van der Waals surface area contributed by atoms with Crippen LogP contribution in [0.3, 0.4) is 0 Å². The summed E-state index contributed by atoms with van der Waals surface area (Å²) in [5.41, 5.74) is 0.838. The van der Waals surface area contributed by atoms with Gasteiger partial charge in [0.15, 0.2) is 11.6 Å². The van der Waals surface area contributed by atoms with Crippen LogP contribution in [0.4, 0.5) is 8.78 Å². The van der Waals surface area contributed by atoms with Crippen molar-refractivity contribution in [1.82, 2.24) is 10.2 Å². The van der Waals surface area contributed by atoms with E-state index in [4.69, 9.17) is 0 Å². The molecular weight excluding hydrogens is 270 g/mol. The van der Waals surface area contributed by atoms with Crippen molar-refractivity contribution in [3.05, 3.63) is 35.4 Å². The summed E-state index contributed by atoms with van der Waals surface area (Å²) < 4.78 is 26.4. The Morgan fingerprint density at radius 2 is 2.10 bits per heavy atom. The lowest BCUT2D eigenvalue weighted by Crippen LogP contribution is -2.43. The van der Waals surface area contributed by atoms with Crippen LogP contribution in [-0.2, 0) is 6.54 Å². The lowest BCUT2D eigenvalue weighted by molar-refractivity contribution is 0.180. The first-order chi connectivity index (χ1) is 10.0. The van der Waals surface area contributed by atoms with Crippen molar-refractivity contribution < 1.29 is 8.78 Å². The van der Waals surface area contributed by atoms with Crippen LogP contribution in [0.15, 0.2) is 18.2 Å². The Morgan fingerprint density at radius 1 is 1.33 bits per heavy atom. The molecule has 1 aliphatic rings. The third kappa shape index (κ3) is 4.24. The Balaban J connectivity index is 2.09. The third-order valence-corrected chi connectivity index (χ3v) is 4.72. The number of hydrogen-bond donors (Lipinski definition) is 1. The van der Waals surface area contributed by atoms with E-state index in [0.717, 1.165) is 31.5 Å². The average Bonchev–Trinajstić information content (AvgIpc) is 2.65. The minimum absolute atomic E-state index is 0.444. The summed E-state index contributed by atoms with van der Waals surface area (Å²) in [4.78, 5) is 2.38. The highest BCUT2D eigenvalue weighted by atomic mass is 19.2. The smallest absolute Gasteiger partial charge is 0.159 e. The molecule has 0 radical (unpaired) electrons. The zero-order valence-electron chi connectivity index (χ0n) is 13.2. The summed E-state index contributed by atoms with van der Waals surface area (Å²) in [5.74, 6) is -0.920. The van der Waals surface area contributed by atoms with Gasteiger partial charge in [-0.2, -0.15) is 0 Å². The summed E-state index contributed by atoms with van der Waals surface area (Å²) in [7, 11) is 0. The summed E-state index contributed by atoms with van der Waals surface area (Å²) in [6, 6.07) is 5.13. The minimum Gasteiger partial charge on any atom is -0.312 e. The SMILES string of the molecule is CCC(C)C1CN(Cc2ccc(F)c(F)c2)C(C)CCN1. The van der Waals surface area contributed by atoms with E-state index in [-0.39, 0.29) is 0 Å². The van der Waals surface area contributed by atoms with E-state index in [1.807, 2.05) is 0 Å². The van der Waals surface area contributed by atoms with E-state index in [2.05, 4.69) is 31.0 Å². The number of benzene rings is 1. The van der Waals surface area contributed by atoms with Crippen LogP contribution in [0.1, 0.15) is 39.2 Å². The second kappa shape index (κ2) is 7.32. The van der Waals surface area contributed by atoms with Gasteiger partial charge >= 0.3 is 0 Å². The van der Waals surface area contributed by atoms with Crippen LogP contribution in [0.5, 0.6) is 0 Å². The van der Waals surface area contributed by atoms with E-state index in [1.165, 1.54) is 12.1 Å². The van der Waals surface area contributed by atoms with E-state index < -0.39 is 11.6 Å². The quantitative estimate of drug-likeness (QED) is 0.914. The maximum Gasteiger partial charge on any atom is 0.159 e. The summed E-state index contributed by atoms with van der Waals surface area (Å²) in [6.07, 6.45) is 2.22. The van der Waals surface area contributed by atoms with Crippen molar-refractivity contribution >= 4 is 0 Å². The molecule has 1 aromatic carbocycles. The van der Waals surface area contributed by atoms with Gasteiger partial charge in [-0.25, -0.2) is 8.78 Å². The van der Waals surface area contributed by atoms with Crippen molar-refractivity contribution in [2.45, 2.75) is 52.2 Å². The highest BCUT2D eigenvalue weighted by molar-refractivity contribution is 5.18. The minimum atomic E-state index is -0.776. The summed E-state index contributed by atoms with van der Waals surface area (Å²) in [5, 5.41) is 3.62. The first-order valence-corrected chi connectivity index (χ1v) is 7.92. The second-order valence-corrected chi connectivity index (χ2v) is 6.26. The number of nitrogens with zero attached hydrogens (tertiary/aromatic N) is 1. The van der Waals surface area contributed by atoms with Gasteiger partial charge in [-0.3, -0.25) is 4.90 Å². The topological polar surface area (TPSA) is 15.3 Å². The fourth-order valence-corrected chi connectivity index (χ4v) is 2.92. The van der Waals surface area contributed by atoms with Crippen LogP contribution in [0.25, 0.3) is 0 Å². The highest BCUT2D eigenvalue weighted by Crippen LogP contribution is 2.19.